The fourth-order valence-corrected chi connectivity index (χ4v) is 2.00. The van der Waals surface area contributed by atoms with Gasteiger partial charge in [0.05, 0.1) is 0 Å². The van der Waals surface area contributed by atoms with Gasteiger partial charge < -0.3 is 5.32 Å². The van der Waals surface area contributed by atoms with Crippen LogP contribution in [-0.4, -0.2) is 11.4 Å². The maximum Gasteiger partial charge on any atom is 0.287 e. The van der Waals surface area contributed by atoms with Gasteiger partial charge in [-0.15, -0.1) is 0 Å². The molecule has 0 saturated heterocycles. The van der Waals surface area contributed by atoms with E-state index in [1.165, 1.54) is 16.3 Å². The molecule has 3 heteroatoms. The van der Waals surface area contributed by atoms with E-state index in [-0.39, 0.29) is 4.82 Å². The van der Waals surface area contributed by atoms with Crippen LogP contribution >= 0.6 is 15.9 Å². The van der Waals surface area contributed by atoms with Gasteiger partial charge in [0.2, 0.25) is 0 Å². The average Bonchev–Trinajstić information content (AvgIpc) is 2.29. The highest BCUT2D eigenvalue weighted by atomic mass is 79.9. The molecule has 0 spiro atoms. The molecule has 2 aromatic rings. The molecule has 0 unspecified atom stereocenters. The summed E-state index contributed by atoms with van der Waals surface area (Å²) in [6.45, 7) is 0.651. The first-order valence-corrected chi connectivity index (χ1v) is 5.96. The van der Waals surface area contributed by atoms with E-state index in [1.807, 2.05) is 18.2 Å². The predicted molar refractivity (Wildman–Crippen MR) is 70.0 cm³/mol. The smallest absolute Gasteiger partial charge is 0.287 e. The summed E-state index contributed by atoms with van der Waals surface area (Å²) < 4.78 is 0. The molecule has 0 bridgehead atoms. The van der Waals surface area contributed by atoms with Crippen LogP contribution < -0.4 is 5.32 Å². The number of amides is 1. The van der Waals surface area contributed by atoms with Crippen molar-refractivity contribution in [2.45, 2.75) is 6.42 Å². The highest BCUT2D eigenvalue weighted by molar-refractivity contribution is 9.18. The fraction of sp³-hybridized carbons (Fsp3) is 0.154. The van der Waals surface area contributed by atoms with Crippen LogP contribution in [0.3, 0.4) is 0 Å². The summed E-state index contributed by atoms with van der Waals surface area (Å²) in [5.74, 6) is 0. The van der Waals surface area contributed by atoms with Crippen LogP contribution in [0.1, 0.15) is 5.56 Å². The second kappa shape index (κ2) is 5.12. The summed E-state index contributed by atoms with van der Waals surface area (Å²) in [6, 6.07) is 14.5. The van der Waals surface area contributed by atoms with E-state index in [9.17, 15) is 4.79 Å². The van der Waals surface area contributed by atoms with Crippen molar-refractivity contribution in [1.82, 2.24) is 5.32 Å². The molecule has 2 aromatic carbocycles. The Morgan fingerprint density at radius 2 is 1.88 bits per heavy atom. The van der Waals surface area contributed by atoms with Gasteiger partial charge in [-0.05, 0) is 22.8 Å². The van der Waals surface area contributed by atoms with Gasteiger partial charge in [0.15, 0.2) is 0 Å². The van der Waals surface area contributed by atoms with Gasteiger partial charge in [-0.25, -0.2) is 0 Å². The van der Waals surface area contributed by atoms with Gasteiger partial charge in [-0.1, -0.05) is 42.5 Å². The van der Waals surface area contributed by atoms with E-state index in [4.69, 9.17) is 0 Å². The standard InChI is InChI=1S/C13H12BrNO/c14-13(16)15-9-8-11-6-3-5-10-4-1-2-7-12(10)11/h1-7H,8-9H2,(H,15,16). The third-order valence-corrected chi connectivity index (χ3v) is 2.82. The number of carbonyl (C=O) groups excluding carboxylic acids is 1. The summed E-state index contributed by atoms with van der Waals surface area (Å²) in [5.41, 5.74) is 1.26. The second-order valence-corrected chi connectivity index (χ2v) is 4.31. The Morgan fingerprint density at radius 1 is 1.12 bits per heavy atom. The summed E-state index contributed by atoms with van der Waals surface area (Å²) in [7, 11) is 0. The van der Waals surface area contributed by atoms with Crippen LogP contribution in [-0.2, 0) is 6.42 Å². The first-order valence-electron chi connectivity index (χ1n) is 5.17. The molecule has 82 valence electrons. The Morgan fingerprint density at radius 3 is 2.69 bits per heavy atom. The Kier molecular flexibility index (Phi) is 3.57. The van der Waals surface area contributed by atoms with Crippen molar-refractivity contribution in [2.24, 2.45) is 0 Å². The Bertz CT molecular complexity index is 505. The maximum absolute atomic E-state index is 10.7. The lowest BCUT2D eigenvalue weighted by atomic mass is 10.0. The Balaban J connectivity index is 2.20. The molecule has 0 fully saturated rings. The number of carbonyl (C=O) groups is 1. The minimum absolute atomic E-state index is 0.160. The molecule has 2 nitrogen and oxygen atoms in total. The minimum atomic E-state index is -0.160. The third-order valence-electron chi connectivity index (χ3n) is 2.54. The van der Waals surface area contributed by atoms with Gasteiger partial charge >= 0.3 is 0 Å². The van der Waals surface area contributed by atoms with E-state index >= 15 is 0 Å². The average molecular weight is 278 g/mol. The normalized spacial score (nSPS) is 10.3. The fourth-order valence-electron chi connectivity index (χ4n) is 1.81. The van der Waals surface area contributed by atoms with Crippen molar-refractivity contribution in [1.29, 1.82) is 0 Å². The topological polar surface area (TPSA) is 29.1 Å². The first kappa shape index (κ1) is 11.1. The number of benzene rings is 2. The molecule has 0 atom stereocenters. The van der Waals surface area contributed by atoms with Crippen molar-refractivity contribution in [3.63, 3.8) is 0 Å². The van der Waals surface area contributed by atoms with E-state index < -0.39 is 0 Å². The molecule has 0 aromatic heterocycles. The van der Waals surface area contributed by atoms with E-state index in [2.05, 4.69) is 45.5 Å². The molecule has 2 rings (SSSR count). The molecular formula is C13H12BrNO. The number of hydrogen-bond acceptors (Lipinski definition) is 1. The lowest BCUT2D eigenvalue weighted by Crippen LogP contribution is -2.19. The van der Waals surface area contributed by atoms with Gasteiger partial charge in [0, 0.05) is 22.5 Å². The maximum atomic E-state index is 10.7. The molecule has 0 aliphatic rings. The molecule has 1 amide bonds. The SMILES string of the molecule is O=C(Br)NCCc1cccc2ccccc12. The first-order chi connectivity index (χ1) is 7.77. The zero-order valence-corrected chi connectivity index (χ0v) is 10.3. The van der Waals surface area contributed by atoms with Crippen LogP contribution in [0.4, 0.5) is 4.79 Å². The summed E-state index contributed by atoms with van der Waals surface area (Å²) in [6.07, 6.45) is 0.846. The van der Waals surface area contributed by atoms with Crippen molar-refractivity contribution >= 4 is 31.5 Å². The zero-order valence-electron chi connectivity index (χ0n) is 8.74. The van der Waals surface area contributed by atoms with Gasteiger partial charge in [-0.3, -0.25) is 4.79 Å². The third kappa shape index (κ3) is 2.61. The van der Waals surface area contributed by atoms with Crippen LogP contribution in [0.25, 0.3) is 10.8 Å². The van der Waals surface area contributed by atoms with Crippen molar-refractivity contribution in [2.75, 3.05) is 6.54 Å². The van der Waals surface area contributed by atoms with Crippen molar-refractivity contribution in [3.05, 3.63) is 48.0 Å². The molecule has 1 N–H and O–H groups in total. The highest BCUT2D eigenvalue weighted by Crippen LogP contribution is 2.18. The molecule has 0 radical (unpaired) electrons. The highest BCUT2D eigenvalue weighted by Gasteiger charge is 2.00. The number of nitrogens with one attached hydrogen (secondary N) is 1. The zero-order chi connectivity index (χ0) is 11.4. The largest absolute Gasteiger partial charge is 0.346 e. The molecule has 0 saturated carbocycles. The van der Waals surface area contributed by atoms with E-state index in [1.54, 1.807) is 0 Å². The molecule has 0 heterocycles. The summed E-state index contributed by atoms with van der Waals surface area (Å²) >= 11 is 2.85. The van der Waals surface area contributed by atoms with Crippen LogP contribution in [0.2, 0.25) is 0 Å². The molecule has 16 heavy (non-hydrogen) atoms. The van der Waals surface area contributed by atoms with Crippen LogP contribution in [0.15, 0.2) is 42.5 Å². The van der Waals surface area contributed by atoms with E-state index in [0.29, 0.717) is 6.54 Å². The number of hydrogen-bond donors (Lipinski definition) is 1. The van der Waals surface area contributed by atoms with E-state index in [0.717, 1.165) is 6.42 Å². The lowest BCUT2D eigenvalue weighted by molar-refractivity contribution is 0.262. The summed E-state index contributed by atoms with van der Waals surface area (Å²) in [5, 5.41) is 5.24. The predicted octanol–water partition coefficient (Wildman–Crippen LogP) is 3.49. The lowest BCUT2D eigenvalue weighted by Gasteiger charge is -2.06. The minimum Gasteiger partial charge on any atom is -0.346 e. The monoisotopic (exact) mass is 277 g/mol. The number of rotatable bonds is 3. The van der Waals surface area contributed by atoms with Crippen molar-refractivity contribution in [3.8, 4) is 0 Å². The molecular weight excluding hydrogens is 266 g/mol. The van der Waals surface area contributed by atoms with Crippen LogP contribution in [0, 0.1) is 0 Å². The second-order valence-electron chi connectivity index (χ2n) is 3.59. The number of fused-ring (bicyclic) bond motifs is 1. The molecule has 0 aliphatic heterocycles. The van der Waals surface area contributed by atoms with Gasteiger partial charge in [0.1, 0.15) is 0 Å². The summed E-state index contributed by atoms with van der Waals surface area (Å²) in [4.78, 5) is 10.5. The number of halogens is 1. The van der Waals surface area contributed by atoms with Gasteiger partial charge in [-0.2, -0.15) is 0 Å². The van der Waals surface area contributed by atoms with Gasteiger partial charge in [0.25, 0.3) is 4.82 Å². The van der Waals surface area contributed by atoms with Crippen LogP contribution in [0.5, 0.6) is 0 Å². The Labute approximate surface area is 103 Å². The molecule has 0 aliphatic carbocycles. The Hall–Kier alpha value is -1.35. The van der Waals surface area contributed by atoms with Crippen molar-refractivity contribution < 1.29 is 4.79 Å². The quantitative estimate of drug-likeness (QED) is 0.675.